The summed E-state index contributed by atoms with van der Waals surface area (Å²) in [6.45, 7) is -0.976. The Bertz CT molecular complexity index is 328. The van der Waals surface area contributed by atoms with Gasteiger partial charge in [0, 0.05) is 6.92 Å². The maximum Gasteiger partial charge on any atom is 0.400 e. The van der Waals surface area contributed by atoms with Crippen molar-refractivity contribution in [2.75, 3.05) is 0 Å². The van der Waals surface area contributed by atoms with Gasteiger partial charge in [0.05, 0.1) is 0 Å². The summed E-state index contributed by atoms with van der Waals surface area (Å²) in [7, 11) is 0. The molecular formula is C7H5F11O2. The topological polar surface area (TPSA) is 40.5 Å². The first kappa shape index (κ1) is 19.1. The highest BCUT2D eigenvalue weighted by Crippen LogP contribution is 2.58. The van der Waals surface area contributed by atoms with E-state index in [1.54, 1.807) is 0 Å². The highest BCUT2D eigenvalue weighted by Gasteiger charge is 2.89. The fourth-order valence-corrected chi connectivity index (χ4v) is 0.870. The van der Waals surface area contributed by atoms with Gasteiger partial charge in [-0.05, 0) is 0 Å². The number of alkyl halides is 11. The van der Waals surface area contributed by atoms with Gasteiger partial charge in [-0.2, -0.15) is 48.3 Å². The second-order valence-electron chi connectivity index (χ2n) is 3.77. The summed E-state index contributed by atoms with van der Waals surface area (Å²) < 4.78 is 137. The normalized spacial score (nSPS) is 16.5. The molecule has 2 N–H and O–H groups in total. The van der Waals surface area contributed by atoms with Crippen LogP contribution in [0.4, 0.5) is 48.3 Å². The summed E-state index contributed by atoms with van der Waals surface area (Å²) in [5.41, 5.74) is 0. The SMILES string of the molecule is CC(F)(F)C(F)(F)C(F)(F)C(F)(F)C(F)(F)C(O)(O)F. The van der Waals surface area contributed by atoms with Gasteiger partial charge in [0.15, 0.2) is 0 Å². The van der Waals surface area contributed by atoms with Gasteiger partial charge in [0.2, 0.25) is 0 Å². The molecule has 0 spiro atoms. The molecule has 0 atom stereocenters. The Balaban J connectivity index is 6.08. The van der Waals surface area contributed by atoms with E-state index in [9.17, 15) is 48.3 Å². The molecule has 0 aromatic carbocycles. The third kappa shape index (κ3) is 2.29. The van der Waals surface area contributed by atoms with Gasteiger partial charge in [-0.25, -0.2) is 0 Å². The van der Waals surface area contributed by atoms with Crippen molar-refractivity contribution in [2.24, 2.45) is 0 Å². The maximum atomic E-state index is 12.7. The van der Waals surface area contributed by atoms with Gasteiger partial charge >= 0.3 is 35.7 Å². The van der Waals surface area contributed by atoms with E-state index >= 15 is 0 Å². The summed E-state index contributed by atoms with van der Waals surface area (Å²) >= 11 is 0. The minimum absolute atomic E-state index is 0.976. The maximum absolute atomic E-state index is 12.7. The molecule has 0 bridgehead atoms. The number of hydrogen-bond donors (Lipinski definition) is 2. The molecule has 0 amide bonds. The highest BCUT2D eigenvalue weighted by atomic mass is 19.4. The van der Waals surface area contributed by atoms with Crippen molar-refractivity contribution >= 4 is 0 Å². The molecular weight excluding hydrogens is 325 g/mol. The minimum atomic E-state index is -7.55. The van der Waals surface area contributed by atoms with Crippen LogP contribution >= 0.6 is 0 Å². The monoisotopic (exact) mass is 330 g/mol. The summed E-state index contributed by atoms with van der Waals surface area (Å²) in [4.78, 5) is 0. The summed E-state index contributed by atoms with van der Waals surface area (Å²) in [6.07, 6.45) is 0. The van der Waals surface area contributed by atoms with E-state index in [0.29, 0.717) is 0 Å². The van der Waals surface area contributed by atoms with E-state index in [2.05, 4.69) is 0 Å². The molecule has 0 fully saturated rings. The van der Waals surface area contributed by atoms with Crippen LogP contribution in [-0.4, -0.2) is 45.9 Å². The lowest BCUT2D eigenvalue weighted by molar-refractivity contribution is -0.465. The molecule has 0 saturated heterocycles. The third-order valence-corrected chi connectivity index (χ3v) is 2.13. The molecule has 13 heteroatoms. The molecule has 0 aliphatic heterocycles. The molecule has 0 heterocycles. The lowest BCUT2D eigenvalue weighted by Gasteiger charge is -2.39. The van der Waals surface area contributed by atoms with Crippen molar-refractivity contribution in [3.05, 3.63) is 0 Å². The largest absolute Gasteiger partial charge is 0.400 e. The van der Waals surface area contributed by atoms with E-state index in [1.165, 1.54) is 0 Å². The second-order valence-corrected chi connectivity index (χ2v) is 3.77. The zero-order chi connectivity index (χ0) is 17.0. The van der Waals surface area contributed by atoms with Crippen molar-refractivity contribution in [1.29, 1.82) is 0 Å². The van der Waals surface area contributed by atoms with Crippen LogP contribution in [0.25, 0.3) is 0 Å². The molecule has 0 radical (unpaired) electrons. The fourth-order valence-electron chi connectivity index (χ4n) is 0.870. The van der Waals surface area contributed by atoms with Crippen LogP contribution in [0.15, 0.2) is 0 Å². The Hall–Kier alpha value is -0.850. The van der Waals surface area contributed by atoms with Gasteiger partial charge in [0.25, 0.3) is 0 Å². The number of halogens is 11. The Labute approximate surface area is 102 Å². The van der Waals surface area contributed by atoms with Gasteiger partial charge in [-0.15, -0.1) is 0 Å². The van der Waals surface area contributed by atoms with Crippen LogP contribution in [0.2, 0.25) is 0 Å². The first-order chi connectivity index (χ1) is 8.25. The van der Waals surface area contributed by atoms with E-state index in [-0.39, 0.29) is 0 Å². The lowest BCUT2D eigenvalue weighted by Crippen LogP contribution is -2.71. The van der Waals surface area contributed by atoms with Crippen molar-refractivity contribution in [3.8, 4) is 0 Å². The molecule has 0 saturated carbocycles. The standard InChI is InChI=1S/C7H5F11O2/c1-2(8,9)3(10,11)4(12,13)5(14,15)6(16,17)7(18,19)20/h19-20H,1H3. The molecule has 0 rings (SSSR count). The Kier molecular flexibility index (Phi) is 4.14. The van der Waals surface area contributed by atoms with Crippen LogP contribution < -0.4 is 0 Å². The highest BCUT2D eigenvalue weighted by molar-refractivity contribution is 5.09. The average Bonchev–Trinajstić information content (AvgIpc) is 2.12. The lowest BCUT2D eigenvalue weighted by atomic mass is 9.94. The molecule has 2 nitrogen and oxygen atoms in total. The molecule has 0 unspecified atom stereocenters. The number of rotatable bonds is 5. The zero-order valence-electron chi connectivity index (χ0n) is 9.05. The van der Waals surface area contributed by atoms with Gasteiger partial charge in [-0.1, -0.05) is 0 Å². The Morgan fingerprint density at radius 1 is 0.500 bits per heavy atom. The summed E-state index contributed by atoms with van der Waals surface area (Å²) in [6, 6.07) is -6.36. The van der Waals surface area contributed by atoms with E-state index in [1.807, 2.05) is 0 Å². The predicted octanol–water partition coefficient (Wildman–Crippen LogP) is 2.79. The minimum Gasteiger partial charge on any atom is -0.335 e. The Morgan fingerprint density at radius 2 is 0.750 bits per heavy atom. The van der Waals surface area contributed by atoms with Crippen LogP contribution in [-0.2, 0) is 0 Å². The van der Waals surface area contributed by atoms with Crippen molar-refractivity contribution in [3.63, 3.8) is 0 Å². The molecule has 0 aliphatic carbocycles. The fraction of sp³-hybridized carbons (Fsp3) is 1.00. The van der Waals surface area contributed by atoms with E-state index in [0.717, 1.165) is 0 Å². The number of hydrogen-bond acceptors (Lipinski definition) is 2. The van der Waals surface area contributed by atoms with Gasteiger partial charge in [0.1, 0.15) is 0 Å². The number of aliphatic hydroxyl groups is 2. The van der Waals surface area contributed by atoms with E-state index in [4.69, 9.17) is 10.2 Å². The van der Waals surface area contributed by atoms with E-state index < -0.39 is 42.6 Å². The Morgan fingerprint density at radius 3 is 0.950 bits per heavy atom. The van der Waals surface area contributed by atoms with Crippen LogP contribution in [0.3, 0.4) is 0 Å². The third-order valence-electron chi connectivity index (χ3n) is 2.13. The van der Waals surface area contributed by atoms with Gasteiger partial charge < -0.3 is 10.2 Å². The van der Waals surface area contributed by atoms with Crippen molar-refractivity contribution in [1.82, 2.24) is 0 Å². The summed E-state index contributed by atoms with van der Waals surface area (Å²) in [5.74, 6) is -35.2. The predicted molar refractivity (Wildman–Crippen MR) is 38.7 cm³/mol. The molecule has 0 aromatic rings. The first-order valence-electron chi connectivity index (χ1n) is 4.28. The summed E-state index contributed by atoms with van der Waals surface area (Å²) in [5, 5.41) is 15.2. The van der Waals surface area contributed by atoms with Crippen LogP contribution in [0.5, 0.6) is 0 Å². The van der Waals surface area contributed by atoms with Crippen LogP contribution in [0, 0.1) is 0 Å². The zero-order valence-corrected chi connectivity index (χ0v) is 9.05. The van der Waals surface area contributed by atoms with Crippen molar-refractivity contribution < 1.29 is 58.5 Å². The molecule has 122 valence electrons. The molecule has 0 aliphatic rings. The average molecular weight is 330 g/mol. The second kappa shape index (κ2) is 4.32. The molecule has 20 heavy (non-hydrogen) atoms. The quantitative estimate of drug-likeness (QED) is 0.601. The van der Waals surface area contributed by atoms with Crippen molar-refractivity contribution in [2.45, 2.75) is 42.6 Å². The smallest absolute Gasteiger partial charge is 0.335 e. The molecule has 0 aromatic heterocycles. The first-order valence-corrected chi connectivity index (χ1v) is 4.28. The van der Waals surface area contributed by atoms with Gasteiger partial charge in [-0.3, -0.25) is 0 Å². The van der Waals surface area contributed by atoms with Crippen LogP contribution in [0.1, 0.15) is 6.92 Å².